The van der Waals surface area contributed by atoms with Gasteiger partial charge in [-0.25, -0.2) is 4.39 Å². The molecule has 0 aliphatic rings. The maximum absolute atomic E-state index is 12.9. The number of nitrogens with one attached hydrogen (secondary N) is 1. The number of rotatable bonds is 6. The highest BCUT2D eigenvalue weighted by molar-refractivity contribution is 7.99. The molecule has 0 radical (unpaired) electrons. The summed E-state index contributed by atoms with van der Waals surface area (Å²) in [6.07, 6.45) is -3.98. The number of hydrogen-bond donors (Lipinski definition) is 1. The van der Waals surface area contributed by atoms with Gasteiger partial charge in [0.25, 0.3) is 5.91 Å². The Kier molecular flexibility index (Phi) is 6.25. The number of benzene rings is 2. The van der Waals surface area contributed by atoms with E-state index in [9.17, 15) is 22.4 Å². The van der Waals surface area contributed by atoms with Crippen LogP contribution in [0.25, 0.3) is 0 Å². The van der Waals surface area contributed by atoms with Crippen LogP contribution in [0.4, 0.5) is 17.6 Å². The molecule has 7 heteroatoms. The van der Waals surface area contributed by atoms with E-state index in [1.54, 1.807) is 12.1 Å². The van der Waals surface area contributed by atoms with Gasteiger partial charge in [-0.15, -0.1) is 11.8 Å². The summed E-state index contributed by atoms with van der Waals surface area (Å²) in [4.78, 5) is 12.8. The topological polar surface area (TPSA) is 29.1 Å². The second kappa shape index (κ2) is 8.19. The minimum Gasteiger partial charge on any atom is -0.352 e. The van der Waals surface area contributed by atoms with Gasteiger partial charge in [-0.1, -0.05) is 12.1 Å². The van der Waals surface area contributed by atoms with Gasteiger partial charge in [0.15, 0.2) is 0 Å². The molecule has 1 amide bonds. The van der Waals surface area contributed by atoms with Crippen LogP contribution in [0.15, 0.2) is 53.4 Å². The fourth-order valence-electron chi connectivity index (χ4n) is 2.02. The molecule has 2 aromatic rings. The lowest BCUT2D eigenvalue weighted by Crippen LogP contribution is -2.27. The van der Waals surface area contributed by atoms with E-state index in [1.165, 1.54) is 36.0 Å². The van der Waals surface area contributed by atoms with Gasteiger partial charge in [-0.2, -0.15) is 13.2 Å². The van der Waals surface area contributed by atoms with Gasteiger partial charge in [0.2, 0.25) is 0 Å². The summed E-state index contributed by atoms with van der Waals surface area (Å²) in [5, 5.41) is 2.49. The molecule has 0 unspecified atom stereocenters. The van der Waals surface area contributed by atoms with Crippen LogP contribution in [0.2, 0.25) is 0 Å². The number of carbonyl (C=O) groups is 1. The van der Waals surface area contributed by atoms with Crippen molar-refractivity contribution in [1.82, 2.24) is 5.32 Å². The van der Waals surface area contributed by atoms with Crippen LogP contribution in [0.3, 0.4) is 0 Å². The molecule has 0 saturated carbocycles. The zero-order valence-electron chi connectivity index (χ0n) is 12.6. The van der Waals surface area contributed by atoms with Crippen LogP contribution in [0.5, 0.6) is 0 Å². The molecule has 2 nitrogen and oxygen atoms in total. The number of halogens is 4. The molecular weight excluding hydrogens is 342 g/mol. The Morgan fingerprint density at radius 1 is 1.04 bits per heavy atom. The summed E-state index contributed by atoms with van der Waals surface area (Å²) >= 11 is 1.49. The van der Waals surface area contributed by atoms with Crippen molar-refractivity contribution < 1.29 is 22.4 Å². The van der Waals surface area contributed by atoms with Gasteiger partial charge < -0.3 is 5.32 Å². The molecule has 2 aromatic carbocycles. The highest BCUT2D eigenvalue weighted by Crippen LogP contribution is 2.31. The fourth-order valence-corrected chi connectivity index (χ4v) is 2.87. The summed E-state index contributed by atoms with van der Waals surface area (Å²) in [5.41, 5.74) is -1.32. The van der Waals surface area contributed by atoms with E-state index in [4.69, 9.17) is 0 Å². The standard InChI is InChI=1S/C17H15F4NOS/c18-12-6-8-13(9-7-12)24-11-3-10-22-16(23)14-4-1-2-5-15(14)17(19,20)21/h1-2,4-9H,3,10-11H2,(H,22,23). The van der Waals surface area contributed by atoms with Crippen molar-refractivity contribution >= 4 is 17.7 Å². The molecule has 0 bridgehead atoms. The molecule has 0 spiro atoms. The molecule has 2 rings (SSSR count). The molecule has 0 fully saturated rings. The summed E-state index contributed by atoms with van der Waals surface area (Å²) < 4.78 is 51.3. The number of carbonyl (C=O) groups excluding carboxylic acids is 1. The Morgan fingerprint density at radius 3 is 2.38 bits per heavy atom. The summed E-state index contributed by atoms with van der Waals surface area (Å²) in [7, 11) is 0. The lowest BCUT2D eigenvalue weighted by atomic mass is 10.1. The third-order valence-corrected chi connectivity index (χ3v) is 4.26. The molecular formula is C17H15F4NOS. The first kappa shape index (κ1) is 18.3. The van der Waals surface area contributed by atoms with E-state index < -0.39 is 17.6 Å². The van der Waals surface area contributed by atoms with Gasteiger partial charge in [0.05, 0.1) is 11.1 Å². The van der Waals surface area contributed by atoms with E-state index in [-0.39, 0.29) is 17.9 Å². The average Bonchev–Trinajstić information content (AvgIpc) is 2.55. The second-order valence-corrected chi connectivity index (χ2v) is 6.12. The van der Waals surface area contributed by atoms with E-state index in [0.717, 1.165) is 17.0 Å². The van der Waals surface area contributed by atoms with Gasteiger partial charge in [0, 0.05) is 11.4 Å². The Balaban J connectivity index is 1.81. The molecule has 24 heavy (non-hydrogen) atoms. The predicted octanol–water partition coefficient (Wildman–Crippen LogP) is 4.76. The molecule has 0 saturated heterocycles. The van der Waals surface area contributed by atoms with Gasteiger partial charge in [-0.05, 0) is 48.6 Å². The zero-order chi connectivity index (χ0) is 17.6. The smallest absolute Gasteiger partial charge is 0.352 e. The van der Waals surface area contributed by atoms with Crippen LogP contribution < -0.4 is 5.32 Å². The second-order valence-electron chi connectivity index (χ2n) is 4.96. The summed E-state index contributed by atoms with van der Waals surface area (Å²) in [6, 6.07) is 10.7. The zero-order valence-corrected chi connectivity index (χ0v) is 13.4. The fraction of sp³-hybridized carbons (Fsp3) is 0.235. The molecule has 0 aliphatic carbocycles. The van der Waals surface area contributed by atoms with Crippen LogP contribution in [-0.4, -0.2) is 18.2 Å². The predicted molar refractivity (Wildman–Crippen MR) is 85.5 cm³/mol. The monoisotopic (exact) mass is 357 g/mol. The molecule has 0 aliphatic heterocycles. The third kappa shape index (κ3) is 5.26. The van der Waals surface area contributed by atoms with Crippen molar-refractivity contribution in [1.29, 1.82) is 0 Å². The Labute approximate surface area is 141 Å². The first-order chi connectivity index (χ1) is 11.4. The average molecular weight is 357 g/mol. The van der Waals surface area contributed by atoms with E-state index in [2.05, 4.69) is 5.32 Å². The number of hydrogen-bond acceptors (Lipinski definition) is 2. The van der Waals surface area contributed by atoms with Crippen molar-refractivity contribution in [3.63, 3.8) is 0 Å². The first-order valence-electron chi connectivity index (χ1n) is 7.21. The summed E-state index contributed by atoms with van der Waals surface area (Å²) in [5.74, 6) is -0.392. The van der Waals surface area contributed by atoms with Crippen molar-refractivity contribution in [2.24, 2.45) is 0 Å². The summed E-state index contributed by atoms with van der Waals surface area (Å²) in [6.45, 7) is 0.263. The van der Waals surface area contributed by atoms with Gasteiger partial charge >= 0.3 is 6.18 Å². The van der Waals surface area contributed by atoms with Crippen LogP contribution in [0.1, 0.15) is 22.3 Å². The quantitative estimate of drug-likeness (QED) is 0.459. The van der Waals surface area contributed by atoms with Crippen molar-refractivity contribution in [3.05, 3.63) is 65.5 Å². The van der Waals surface area contributed by atoms with Gasteiger partial charge in [-0.3, -0.25) is 4.79 Å². The van der Waals surface area contributed by atoms with Gasteiger partial charge in [0.1, 0.15) is 5.82 Å². The van der Waals surface area contributed by atoms with E-state index >= 15 is 0 Å². The molecule has 0 heterocycles. The van der Waals surface area contributed by atoms with E-state index in [0.29, 0.717) is 12.2 Å². The molecule has 0 aromatic heterocycles. The Morgan fingerprint density at radius 2 is 1.71 bits per heavy atom. The lowest BCUT2D eigenvalue weighted by molar-refractivity contribution is -0.137. The number of alkyl halides is 3. The molecule has 128 valence electrons. The third-order valence-electron chi connectivity index (χ3n) is 3.17. The van der Waals surface area contributed by atoms with Crippen LogP contribution >= 0.6 is 11.8 Å². The normalized spacial score (nSPS) is 11.3. The minimum atomic E-state index is -4.56. The number of thioether (sulfide) groups is 1. The maximum atomic E-state index is 12.9. The maximum Gasteiger partial charge on any atom is 0.417 e. The Bertz CT molecular complexity index is 686. The van der Waals surface area contributed by atoms with Crippen LogP contribution in [0, 0.1) is 5.82 Å². The van der Waals surface area contributed by atoms with Crippen molar-refractivity contribution in [3.8, 4) is 0 Å². The van der Waals surface area contributed by atoms with E-state index in [1.807, 2.05) is 0 Å². The van der Waals surface area contributed by atoms with Crippen LogP contribution in [-0.2, 0) is 6.18 Å². The Hall–Kier alpha value is -2.02. The minimum absolute atomic E-state index is 0.263. The van der Waals surface area contributed by atoms with Crippen molar-refractivity contribution in [2.45, 2.75) is 17.5 Å². The van der Waals surface area contributed by atoms with Crippen molar-refractivity contribution in [2.75, 3.05) is 12.3 Å². The lowest BCUT2D eigenvalue weighted by Gasteiger charge is -2.12. The molecule has 0 atom stereocenters. The highest BCUT2D eigenvalue weighted by Gasteiger charge is 2.34. The molecule has 1 N–H and O–H groups in total. The largest absolute Gasteiger partial charge is 0.417 e. The number of amides is 1. The SMILES string of the molecule is O=C(NCCCSc1ccc(F)cc1)c1ccccc1C(F)(F)F. The highest BCUT2D eigenvalue weighted by atomic mass is 32.2. The first-order valence-corrected chi connectivity index (χ1v) is 8.19.